The number of ether oxygens (including phenoxy) is 2. The molecule has 1 unspecified atom stereocenters. The summed E-state index contributed by atoms with van der Waals surface area (Å²) < 4.78 is 11.6. The summed E-state index contributed by atoms with van der Waals surface area (Å²) in [4.78, 5) is 12.9. The molecule has 1 saturated heterocycles. The molecule has 0 radical (unpaired) electrons. The maximum Gasteiger partial charge on any atom is 0.269 e. The van der Waals surface area contributed by atoms with E-state index in [-0.39, 0.29) is 22.8 Å². The molecule has 0 bridgehead atoms. The van der Waals surface area contributed by atoms with Crippen LogP contribution in [0.2, 0.25) is 0 Å². The fraction of sp³-hybridized carbons (Fsp3) is 0.529. The second-order valence-electron chi connectivity index (χ2n) is 6.74. The van der Waals surface area contributed by atoms with Crippen molar-refractivity contribution in [2.24, 2.45) is 0 Å². The van der Waals surface area contributed by atoms with Gasteiger partial charge in [-0.2, -0.15) is 0 Å². The van der Waals surface area contributed by atoms with Crippen LogP contribution in [0.3, 0.4) is 0 Å². The highest BCUT2D eigenvalue weighted by Crippen LogP contribution is 2.38. The fourth-order valence-electron chi connectivity index (χ4n) is 3.35. The molecule has 0 amide bonds. The zero-order chi connectivity index (χ0) is 16.8. The molecular weight excluding hydrogens is 296 g/mol. The first-order chi connectivity index (χ1) is 10.8. The third-order valence-electron chi connectivity index (χ3n) is 4.41. The standard InChI is InChI=1S/C17H22N2O4/c1-11(2)16-8-12-7-13(19(20)21)5-6-15(12)18(16)9-14-10-22-17(3,4)23-14/h5-7,14,16H,1,8-10H2,2-4H3/t14-,16?/m1/s1. The van der Waals surface area contributed by atoms with Crippen molar-refractivity contribution < 1.29 is 14.4 Å². The number of nitro groups is 1. The quantitative estimate of drug-likeness (QED) is 0.485. The number of nitrogens with zero attached hydrogens (tertiary/aromatic N) is 2. The molecule has 23 heavy (non-hydrogen) atoms. The van der Waals surface area contributed by atoms with Gasteiger partial charge in [-0.3, -0.25) is 10.1 Å². The molecule has 0 spiro atoms. The van der Waals surface area contributed by atoms with Gasteiger partial charge in [0.05, 0.1) is 17.6 Å². The predicted octanol–water partition coefficient (Wildman–Crippen LogP) is 3.05. The summed E-state index contributed by atoms with van der Waals surface area (Å²) in [6.45, 7) is 11.1. The molecule has 124 valence electrons. The van der Waals surface area contributed by atoms with Crippen molar-refractivity contribution in [3.63, 3.8) is 0 Å². The number of non-ortho nitro benzene ring substituents is 1. The van der Waals surface area contributed by atoms with Crippen LogP contribution in [0.4, 0.5) is 11.4 Å². The Balaban J connectivity index is 1.86. The van der Waals surface area contributed by atoms with Crippen LogP contribution in [0.5, 0.6) is 0 Å². The van der Waals surface area contributed by atoms with Gasteiger partial charge in [0.2, 0.25) is 0 Å². The lowest BCUT2D eigenvalue weighted by Crippen LogP contribution is -2.40. The number of hydrogen-bond acceptors (Lipinski definition) is 5. The van der Waals surface area contributed by atoms with Gasteiger partial charge in [0, 0.05) is 24.4 Å². The van der Waals surface area contributed by atoms with Crippen LogP contribution in [-0.2, 0) is 15.9 Å². The Morgan fingerprint density at radius 3 is 2.83 bits per heavy atom. The molecule has 2 heterocycles. The van der Waals surface area contributed by atoms with Gasteiger partial charge in [0.1, 0.15) is 6.10 Å². The molecule has 6 heteroatoms. The van der Waals surface area contributed by atoms with Crippen molar-refractivity contribution in [2.45, 2.75) is 45.1 Å². The normalized spacial score (nSPS) is 25.4. The van der Waals surface area contributed by atoms with E-state index in [1.807, 2.05) is 26.8 Å². The molecule has 2 aliphatic rings. The summed E-state index contributed by atoms with van der Waals surface area (Å²) in [5.41, 5.74) is 3.19. The average Bonchev–Trinajstić information content (AvgIpc) is 2.99. The van der Waals surface area contributed by atoms with Crippen LogP contribution in [0.25, 0.3) is 0 Å². The van der Waals surface area contributed by atoms with Crippen LogP contribution in [0, 0.1) is 10.1 Å². The molecule has 0 aromatic heterocycles. The van der Waals surface area contributed by atoms with E-state index in [0.717, 1.165) is 23.2 Å². The fourth-order valence-corrected chi connectivity index (χ4v) is 3.35. The van der Waals surface area contributed by atoms with Gasteiger partial charge in [0.15, 0.2) is 5.79 Å². The van der Waals surface area contributed by atoms with Crippen LogP contribution >= 0.6 is 0 Å². The van der Waals surface area contributed by atoms with Crippen LogP contribution in [-0.4, -0.2) is 36.0 Å². The molecule has 1 aromatic rings. The van der Waals surface area contributed by atoms with Crippen molar-refractivity contribution in [3.05, 3.63) is 46.0 Å². The molecule has 0 saturated carbocycles. The SMILES string of the molecule is C=C(C)C1Cc2cc([N+](=O)[O-])ccc2N1C[C@@H]1COC(C)(C)O1. The zero-order valence-corrected chi connectivity index (χ0v) is 13.7. The lowest BCUT2D eigenvalue weighted by Gasteiger charge is -2.30. The highest BCUT2D eigenvalue weighted by molar-refractivity contribution is 5.64. The Labute approximate surface area is 135 Å². The van der Waals surface area contributed by atoms with Crippen molar-refractivity contribution in [2.75, 3.05) is 18.1 Å². The number of nitro benzene ring substituents is 1. The van der Waals surface area contributed by atoms with E-state index in [9.17, 15) is 10.1 Å². The topological polar surface area (TPSA) is 64.8 Å². The Morgan fingerprint density at radius 1 is 1.52 bits per heavy atom. The third-order valence-corrected chi connectivity index (χ3v) is 4.41. The number of hydrogen-bond donors (Lipinski definition) is 0. The van der Waals surface area contributed by atoms with Crippen LogP contribution < -0.4 is 4.90 Å². The Kier molecular flexibility index (Phi) is 3.90. The highest BCUT2D eigenvalue weighted by atomic mass is 16.7. The summed E-state index contributed by atoms with van der Waals surface area (Å²) in [5, 5.41) is 11.0. The Hall–Kier alpha value is -1.92. The van der Waals surface area contributed by atoms with Crippen LogP contribution in [0.15, 0.2) is 30.4 Å². The zero-order valence-electron chi connectivity index (χ0n) is 13.7. The first kappa shape index (κ1) is 16.0. The maximum absolute atomic E-state index is 11.0. The molecule has 0 aliphatic carbocycles. The van der Waals surface area contributed by atoms with Gasteiger partial charge in [-0.05, 0) is 38.8 Å². The first-order valence-corrected chi connectivity index (χ1v) is 7.78. The second-order valence-corrected chi connectivity index (χ2v) is 6.74. The van der Waals surface area contributed by atoms with E-state index in [4.69, 9.17) is 9.47 Å². The van der Waals surface area contributed by atoms with Gasteiger partial charge < -0.3 is 14.4 Å². The van der Waals surface area contributed by atoms with Crippen molar-refractivity contribution in [1.29, 1.82) is 0 Å². The van der Waals surface area contributed by atoms with Crippen LogP contribution in [0.1, 0.15) is 26.3 Å². The lowest BCUT2D eigenvalue weighted by molar-refractivity contribution is -0.384. The van der Waals surface area contributed by atoms with Gasteiger partial charge in [-0.25, -0.2) is 0 Å². The molecular formula is C17H22N2O4. The molecule has 0 N–H and O–H groups in total. The van der Waals surface area contributed by atoms with Gasteiger partial charge in [-0.15, -0.1) is 0 Å². The second kappa shape index (κ2) is 5.62. The van der Waals surface area contributed by atoms with E-state index in [1.54, 1.807) is 12.1 Å². The van der Waals surface area contributed by atoms with Crippen molar-refractivity contribution in [1.82, 2.24) is 0 Å². The minimum atomic E-state index is -0.554. The number of fused-ring (bicyclic) bond motifs is 1. The summed E-state index contributed by atoms with van der Waals surface area (Å²) in [6, 6.07) is 5.19. The van der Waals surface area contributed by atoms with Gasteiger partial charge in [-0.1, -0.05) is 12.2 Å². The monoisotopic (exact) mass is 318 g/mol. The van der Waals surface area contributed by atoms with E-state index < -0.39 is 5.79 Å². The van der Waals surface area contributed by atoms with Crippen molar-refractivity contribution in [3.8, 4) is 0 Å². The summed E-state index contributed by atoms with van der Waals surface area (Å²) in [7, 11) is 0. The van der Waals surface area contributed by atoms with E-state index in [2.05, 4.69) is 11.5 Å². The highest BCUT2D eigenvalue weighted by Gasteiger charge is 2.38. The molecule has 2 aliphatic heterocycles. The molecule has 6 nitrogen and oxygen atoms in total. The molecule has 2 atom stereocenters. The summed E-state index contributed by atoms with van der Waals surface area (Å²) in [5.74, 6) is -0.554. The number of benzene rings is 1. The number of rotatable bonds is 4. The molecule has 1 aromatic carbocycles. The minimum absolute atomic E-state index is 0.0204. The average molecular weight is 318 g/mol. The van der Waals surface area contributed by atoms with Crippen molar-refractivity contribution >= 4 is 11.4 Å². The van der Waals surface area contributed by atoms with E-state index in [0.29, 0.717) is 13.2 Å². The lowest BCUT2D eigenvalue weighted by atomic mass is 10.0. The smallest absolute Gasteiger partial charge is 0.269 e. The molecule has 3 rings (SSSR count). The third kappa shape index (κ3) is 3.09. The summed E-state index contributed by atoms with van der Waals surface area (Å²) in [6.07, 6.45) is 0.719. The first-order valence-electron chi connectivity index (χ1n) is 7.78. The minimum Gasteiger partial charge on any atom is -0.362 e. The van der Waals surface area contributed by atoms with Gasteiger partial charge >= 0.3 is 0 Å². The van der Waals surface area contributed by atoms with Gasteiger partial charge in [0.25, 0.3) is 5.69 Å². The van der Waals surface area contributed by atoms with E-state index in [1.165, 1.54) is 0 Å². The Morgan fingerprint density at radius 2 is 2.26 bits per heavy atom. The largest absolute Gasteiger partial charge is 0.362 e. The molecule has 1 fully saturated rings. The Bertz CT molecular complexity index is 656. The van der Waals surface area contributed by atoms with E-state index >= 15 is 0 Å². The summed E-state index contributed by atoms with van der Waals surface area (Å²) >= 11 is 0. The number of anilines is 1. The maximum atomic E-state index is 11.0. The predicted molar refractivity (Wildman–Crippen MR) is 87.7 cm³/mol.